The maximum absolute atomic E-state index is 12.1. The van der Waals surface area contributed by atoms with Gasteiger partial charge in [0.1, 0.15) is 0 Å². The van der Waals surface area contributed by atoms with E-state index in [4.69, 9.17) is 23.2 Å². The van der Waals surface area contributed by atoms with E-state index in [1.54, 1.807) is 18.2 Å². The van der Waals surface area contributed by atoms with Gasteiger partial charge in [0.05, 0.1) is 17.3 Å². The molecule has 1 aliphatic heterocycles. The minimum Gasteiger partial charge on any atom is -0.324 e. The molecule has 0 radical (unpaired) electrons. The Labute approximate surface area is 130 Å². The van der Waals surface area contributed by atoms with Gasteiger partial charge in [-0.1, -0.05) is 42.5 Å². The zero-order valence-corrected chi connectivity index (χ0v) is 13.0. The summed E-state index contributed by atoms with van der Waals surface area (Å²) in [5.74, 6) is -0.0326. The minimum atomic E-state index is -0.0326. The fourth-order valence-corrected chi connectivity index (χ4v) is 2.79. The van der Waals surface area contributed by atoms with E-state index in [1.807, 2.05) is 0 Å². The van der Waals surface area contributed by atoms with Crippen LogP contribution >= 0.6 is 23.2 Å². The van der Waals surface area contributed by atoms with E-state index < -0.39 is 0 Å². The molecule has 1 aliphatic rings. The third-order valence-corrected chi connectivity index (χ3v) is 4.08. The van der Waals surface area contributed by atoms with E-state index in [2.05, 4.69) is 10.2 Å². The lowest BCUT2D eigenvalue weighted by Crippen LogP contribution is -2.35. The lowest BCUT2D eigenvalue weighted by molar-refractivity contribution is -0.117. The van der Waals surface area contributed by atoms with Crippen LogP contribution in [0.2, 0.25) is 10.0 Å². The van der Waals surface area contributed by atoms with Crippen molar-refractivity contribution in [1.29, 1.82) is 0 Å². The summed E-state index contributed by atoms with van der Waals surface area (Å²) >= 11 is 12.0. The van der Waals surface area contributed by atoms with Crippen LogP contribution in [0.5, 0.6) is 0 Å². The smallest absolute Gasteiger partial charge is 0.238 e. The second-order valence-electron chi connectivity index (χ2n) is 5.22. The third kappa shape index (κ3) is 4.97. The fourth-order valence-electron chi connectivity index (χ4n) is 2.46. The number of carbonyl (C=O) groups excluding carboxylic acids is 1. The topological polar surface area (TPSA) is 32.3 Å². The highest BCUT2D eigenvalue weighted by atomic mass is 35.5. The Morgan fingerprint density at radius 3 is 2.45 bits per heavy atom. The number of hydrogen-bond acceptors (Lipinski definition) is 2. The van der Waals surface area contributed by atoms with Gasteiger partial charge in [-0.05, 0) is 44.1 Å². The number of carbonyl (C=O) groups is 1. The molecular formula is C15H20Cl2N2O. The molecule has 0 bridgehead atoms. The first-order chi connectivity index (χ1) is 9.65. The second-order valence-corrected chi connectivity index (χ2v) is 6.06. The summed E-state index contributed by atoms with van der Waals surface area (Å²) in [6.07, 6.45) is 6.19. The standard InChI is InChI=1S/C15H20Cl2N2O/c16-12-6-7-13(17)14(10-12)18-15(20)11-19-8-4-2-1-3-5-9-19/h6-7,10H,1-5,8-9,11H2,(H,18,20). The Morgan fingerprint density at radius 2 is 1.75 bits per heavy atom. The van der Waals surface area contributed by atoms with Crippen LogP contribution in [-0.2, 0) is 4.79 Å². The van der Waals surface area contributed by atoms with Crippen LogP contribution in [0, 0.1) is 0 Å². The number of anilines is 1. The van der Waals surface area contributed by atoms with Gasteiger partial charge < -0.3 is 5.32 Å². The summed E-state index contributed by atoms with van der Waals surface area (Å²) < 4.78 is 0. The molecule has 0 aromatic heterocycles. The first-order valence-electron chi connectivity index (χ1n) is 7.12. The molecule has 0 unspecified atom stereocenters. The average Bonchev–Trinajstić information content (AvgIpc) is 2.37. The summed E-state index contributed by atoms with van der Waals surface area (Å²) in [4.78, 5) is 14.3. The molecule has 2 rings (SSSR count). The quantitative estimate of drug-likeness (QED) is 0.907. The number of nitrogens with zero attached hydrogens (tertiary/aromatic N) is 1. The van der Waals surface area contributed by atoms with E-state index in [0.717, 1.165) is 13.1 Å². The van der Waals surface area contributed by atoms with Crippen LogP contribution < -0.4 is 5.32 Å². The van der Waals surface area contributed by atoms with E-state index in [9.17, 15) is 4.79 Å². The maximum Gasteiger partial charge on any atom is 0.238 e. The Balaban J connectivity index is 1.89. The number of rotatable bonds is 3. The van der Waals surface area contributed by atoms with Crippen molar-refractivity contribution in [2.24, 2.45) is 0 Å². The van der Waals surface area contributed by atoms with Gasteiger partial charge in [0, 0.05) is 5.02 Å². The minimum absolute atomic E-state index is 0.0326. The van der Waals surface area contributed by atoms with Crippen molar-refractivity contribution in [1.82, 2.24) is 4.90 Å². The molecule has 20 heavy (non-hydrogen) atoms. The van der Waals surface area contributed by atoms with Gasteiger partial charge in [-0.2, -0.15) is 0 Å². The molecule has 1 fully saturated rings. The van der Waals surface area contributed by atoms with Gasteiger partial charge in [0.15, 0.2) is 0 Å². The number of benzene rings is 1. The Bertz CT molecular complexity index is 457. The Kier molecular flexibility index (Phi) is 6.14. The molecule has 1 N–H and O–H groups in total. The zero-order valence-electron chi connectivity index (χ0n) is 11.5. The molecule has 1 saturated heterocycles. The van der Waals surface area contributed by atoms with Crippen LogP contribution in [0.1, 0.15) is 32.1 Å². The molecule has 0 spiro atoms. The lowest BCUT2D eigenvalue weighted by atomic mass is 10.1. The van der Waals surface area contributed by atoms with Crippen molar-refractivity contribution in [3.05, 3.63) is 28.2 Å². The fraction of sp³-hybridized carbons (Fsp3) is 0.533. The van der Waals surface area contributed by atoms with Crippen LogP contribution in [-0.4, -0.2) is 30.4 Å². The highest BCUT2D eigenvalue weighted by molar-refractivity contribution is 6.35. The third-order valence-electron chi connectivity index (χ3n) is 3.52. The molecule has 1 aromatic rings. The SMILES string of the molecule is O=C(CN1CCCCCCC1)Nc1cc(Cl)ccc1Cl. The van der Waals surface area contributed by atoms with Crippen LogP contribution in [0.4, 0.5) is 5.69 Å². The molecule has 3 nitrogen and oxygen atoms in total. The molecule has 0 atom stereocenters. The predicted molar refractivity (Wildman–Crippen MR) is 84.6 cm³/mol. The van der Waals surface area contributed by atoms with Crippen molar-refractivity contribution in [2.45, 2.75) is 32.1 Å². The summed E-state index contributed by atoms with van der Waals surface area (Å²) in [5, 5.41) is 3.91. The average molecular weight is 315 g/mol. The van der Waals surface area contributed by atoms with Gasteiger partial charge in [-0.3, -0.25) is 9.69 Å². The first kappa shape index (κ1) is 15.6. The van der Waals surface area contributed by atoms with Crippen molar-refractivity contribution in [3.8, 4) is 0 Å². The molecule has 0 saturated carbocycles. The van der Waals surface area contributed by atoms with E-state index in [-0.39, 0.29) is 5.91 Å². The van der Waals surface area contributed by atoms with E-state index >= 15 is 0 Å². The highest BCUT2D eigenvalue weighted by Gasteiger charge is 2.13. The highest BCUT2D eigenvalue weighted by Crippen LogP contribution is 2.25. The number of nitrogens with one attached hydrogen (secondary N) is 1. The first-order valence-corrected chi connectivity index (χ1v) is 7.88. The molecular weight excluding hydrogens is 295 g/mol. The molecule has 1 heterocycles. The summed E-state index contributed by atoms with van der Waals surface area (Å²) in [6, 6.07) is 5.07. The lowest BCUT2D eigenvalue weighted by Gasteiger charge is -2.23. The van der Waals surface area contributed by atoms with E-state index in [0.29, 0.717) is 22.3 Å². The van der Waals surface area contributed by atoms with Crippen LogP contribution in [0.3, 0.4) is 0 Å². The normalized spacial score (nSPS) is 17.3. The zero-order chi connectivity index (χ0) is 14.4. The van der Waals surface area contributed by atoms with Gasteiger partial charge >= 0.3 is 0 Å². The Morgan fingerprint density at radius 1 is 1.10 bits per heavy atom. The van der Waals surface area contributed by atoms with Gasteiger partial charge in [-0.15, -0.1) is 0 Å². The molecule has 0 aliphatic carbocycles. The van der Waals surface area contributed by atoms with Crippen LogP contribution in [0.25, 0.3) is 0 Å². The van der Waals surface area contributed by atoms with Gasteiger partial charge in [-0.25, -0.2) is 0 Å². The van der Waals surface area contributed by atoms with Crippen molar-refractivity contribution < 1.29 is 4.79 Å². The van der Waals surface area contributed by atoms with Gasteiger partial charge in [0.25, 0.3) is 0 Å². The van der Waals surface area contributed by atoms with Crippen molar-refractivity contribution in [3.63, 3.8) is 0 Å². The molecule has 1 aromatic carbocycles. The summed E-state index contributed by atoms with van der Waals surface area (Å²) in [6.45, 7) is 2.41. The number of halogens is 2. The number of hydrogen-bond donors (Lipinski definition) is 1. The Hall–Kier alpha value is -0.770. The number of amides is 1. The summed E-state index contributed by atoms with van der Waals surface area (Å²) in [7, 11) is 0. The predicted octanol–water partition coefficient (Wildman–Crippen LogP) is 4.20. The monoisotopic (exact) mass is 314 g/mol. The second kappa shape index (κ2) is 7.87. The largest absolute Gasteiger partial charge is 0.324 e. The van der Waals surface area contributed by atoms with Crippen molar-refractivity contribution >= 4 is 34.8 Å². The van der Waals surface area contributed by atoms with Gasteiger partial charge in [0.2, 0.25) is 5.91 Å². The molecule has 110 valence electrons. The summed E-state index contributed by atoms with van der Waals surface area (Å²) in [5.41, 5.74) is 0.580. The van der Waals surface area contributed by atoms with Crippen LogP contribution in [0.15, 0.2) is 18.2 Å². The molecule has 1 amide bonds. The molecule has 5 heteroatoms. The maximum atomic E-state index is 12.1. The van der Waals surface area contributed by atoms with Crippen molar-refractivity contribution in [2.75, 3.05) is 25.0 Å². The number of likely N-dealkylation sites (tertiary alicyclic amines) is 1. The van der Waals surface area contributed by atoms with E-state index in [1.165, 1.54) is 32.1 Å².